The van der Waals surface area contributed by atoms with Gasteiger partial charge in [0.15, 0.2) is 11.5 Å². The Bertz CT molecular complexity index is 958. The van der Waals surface area contributed by atoms with Crippen LogP contribution in [-0.4, -0.2) is 40.9 Å². The lowest BCUT2D eigenvalue weighted by Gasteiger charge is -2.16. The number of benzene rings is 1. The number of rotatable bonds is 5. The van der Waals surface area contributed by atoms with Crippen LogP contribution in [0, 0.1) is 6.92 Å². The third kappa shape index (κ3) is 2.58. The van der Waals surface area contributed by atoms with Crippen LogP contribution >= 0.6 is 0 Å². The molecule has 0 unspecified atom stereocenters. The van der Waals surface area contributed by atoms with Crippen LogP contribution in [0.2, 0.25) is 0 Å². The third-order valence-electron chi connectivity index (χ3n) is 4.54. The number of aryl methyl sites for hydroxylation is 2. The maximum Gasteiger partial charge on any atom is 0.254 e. The summed E-state index contributed by atoms with van der Waals surface area (Å²) >= 11 is 0. The molecule has 2 heterocycles. The van der Waals surface area contributed by atoms with Crippen molar-refractivity contribution >= 4 is 17.3 Å². The lowest BCUT2D eigenvalue weighted by Crippen LogP contribution is -2.07. The van der Waals surface area contributed by atoms with Crippen LogP contribution in [0.3, 0.4) is 0 Å². The molecule has 0 radical (unpaired) electrons. The SMILES string of the molecule is COc1cc(Nc2c3c(nc4nc(C)nn24)CCC3)cc(OC)c1OC. The molecule has 2 aromatic heterocycles. The first-order chi connectivity index (χ1) is 12.6. The van der Waals surface area contributed by atoms with Gasteiger partial charge >= 0.3 is 0 Å². The van der Waals surface area contributed by atoms with Gasteiger partial charge in [0, 0.05) is 23.4 Å². The van der Waals surface area contributed by atoms with E-state index in [4.69, 9.17) is 14.2 Å². The zero-order valence-corrected chi connectivity index (χ0v) is 15.3. The van der Waals surface area contributed by atoms with Crippen molar-refractivity contribution in [1.82, 2.24) is 19.6 Å². The molecule has 1 aliphatic carbocycles. The standard InChI is InChI=1S/C18H21N5O3/c1-10-19-18-21-13-7-5-6-12(13)17(23(18)22-10)20-11-8-14(24-2)16(26-4)15(9-11)25-3/h8-9,20H,5-7H2,1-4H3. The quantitative estimate of drug-likeness (QED) is 0.753. The molecule has 0 saturated heterocycles. The number of aromatic nitrogens is 4. The molecule has 0 bridgehead atoms. The molecule has 0 aliphatic heterocycles. The van der Waals surface area contributed by atoms with Crippen LogP contribution in [0.1, 0.15) is 23.5 Å². The minimum absolute atomic E-state index is 0.558. The fourth-order valence-electron chi connectivity index (χ4n) is 3.40. The maximum absolute atomic E-state index is 5.45. The Morgan fingerprint density at radius 3 is 2.38 bits per heavy atom. The Hall–Kier alpha value is -3.03. The highest BCUT2D eigenvalue weighted by Crippen LogP contribution is 2.41. The summed E-state index contributed by atoms with van der Waals surface area (Å²) in [5.74, 6) is 3.92. The number of ether oxygens (including phenoxy) is 3. The zero-order valence-electron chi connectivity index (χ0n) is 15.3. The predicted octanol–water partition coefficient (Wildman–Crippen LogP) is 2.69. The Morgan fingerprint density at radius 1 is 1.00 bits per heavy atom. The van der Waals surface area contributed by atoms with E-state index < -0.39 is 0 Å². The van der Waals surface area contributed by atoms with E-state index in [-0.39, 0.29) is 0 Å². The van der Waals surface area contributed by atoms with Crippen molar-refractivity contribution in [2.24, 2.45) is 0 Å². The fourth-order valence-corrected chi connectivity index (χ4v) is 3.40. The Morgan fingerprint density at radius 2 is 1.73 bits per heavy atom. The van der Waals surface area contributed by atoms with Gasteiger partial charge in [-0.3, -0.25) is 0 Å². The molecule has 0 amide bonds. The minimum atomic E-state index is 0.558. The molecule has 0 atom stereocenters. The lowest BCUT2D eigenvalue weighted by molar-refractivity contribution is 0.324. The van der Waals surface area contributed by atoms with E-state index in [1.54, 1.807) is 25.8 Å². The summed E-state index contributed by atoms with van der Waals surface area (Å²) in [5.41, 5.74) is 3.07. The molecule has 3 aromatic rings. The molecular weight excluding hydrogens is 334 g/mol. The second-order valence-corrected chi connectivity index (χ2v) is 6.15. The van der Waals surface area contributed by atoms with Gasteiger partial charge in [0.05, 0.1) is 27.0 Å². The first-order valence-corrected chi connectivity index (χ1v) is 8.46. The summed E-state index contributed by atoms with van der Waals surface area (Å²) in [4.78, 5) is 9.07. The normalized spacial score (nSPS) is 12.9. The van der Waals surface area contributed by atoms with Gasteiger partial charge in [-0.15, -0.1) is 5.10 Å². The van der Waals surface area contributed by atoms with Crippen LogP contribution < -0.4 is 19.5 Å². The minimum Gasteiger partial charge on any atom is -0.493 e. The van der Waals surface area contributed by atoms with E-state index in [0.717, 1.165) is 36.5 Å². The first-order valence-electron chi connectivity index (χ1n) is 8.46. The molecule has 0 spiro atoms. The number of hydrogen-bond acceptors (Lipinski definition) is 7. The lowest BCUT2D eigenvalue weighted by atomic mass is 10.2. The fraction of sp³-hybridized carbons (Fsp3) is 0.389. The van der Waals surface area contributed by atoms with Gasteiger partial charge < -0.3 is 19.5 Å². The van der Waals surface area contributed by atoms with Crippen LogP contribution in [0.4, 0.5) is 11.5 Å². The van der Waals surface area contributed by atoms with Crippen LogP contribution in [0.15, 0.2) is 12.1 Å². The zero-order chi connectivity index (χ0) is 18.3. The van der Waals surface area contributed by atoms with Crippen molar-refractivity contribution in [2.45, 2.75) is 26.2 Å². The number of anilines is 2. The van der Waals surface area contributed by atoms with Crippen LogP contribution in [0.25, 0.3) is 5.78 Å². The highest BCUT2D eigenvalue weighted by molar-refractivity contribution is 5.69. The first kappa shape index (κ1) is 16.4. The number of nitrogens with zero attached hydrogens (tertiary/aromatic N) is 4. The number of fused-ring (bicyclic) bond motifs is 2. The van der Waals surface area contributed by atoms with E-state index in [1.807, 2.05) is 19.1 Å². The molecule has 8 heteroatoms. The highest BCUT2D eigenvalue weighted by Gasteiger charge is 2.22. The third-order valence-corrected chi connectivity index (χ3v) is 4.54. The summed E-state index contributed by atoms with van der Waals surface area (Å²) < 4.78 is 18.1. The van der Waals surface area contributed by atoms with Crippen LogP contribution in [0.5, 0.6) is 17.2 Å². The Balaban J connectivity index is 1.85. The molecular formula is C18H21N5O3. The smallest absolute Gasteiger partial charge is 0.254 e. The molecule has 0 fully saturated rings. The molecule has 1 N–H and O–H groups in total. The van der Waals surface area contributed by atoms with Crippen molar-refractivity contribution < 1.29 is 14.2 Å². The van der Waals surface area contributed by atoms with Gasteiger partial charge in [0.25, 0.3) is 5.78 Å². The summed E-state index contributed by atoms with van der Waals surface area (Å²) in [5, 5.41) is 7.97. The summed E-state index contributed by atoms with van der Waals surface area (Å²) in [7, 11) is 4.79. The summed E-state index contributed by atoms with van der Waals surface area (Å²) in [6.07, 6.45) is 3.00. The molecule has 8 nitrogen and oxygen atoms in total. The van der Waals surface area contributed by atoms with Gasteiger partial charge in [-0.25, -0.2) is 4.98 Å². The second kappa shape index (κ2) is 6.36. The Labute approximate surface area is 151 Å². The van der Waals surface area contributed by atoms with Crippen molar-refractivity contribution in [2.75, 3.05) is 26.6 Å². The second-order valence-electron chi connectivity index (χ2n) is 6.15. The molecule has 26 heavy (non-hydrogen) atoms. The van der Waals surface area contributed by atoms with E-state index >= 15 is 0 Å². The van der Waals surface area contributed by atoms with Crippen molar-refractivity contribution in [3.63, 3.8) is 0 Å². The monoisotopic (exact) mass is 355 g/mol. The van der Waals surface area contributed by atoms with Gasteiger partial charge in [0.1, 0.15) is 11.6 Å². The average molecular weight is 355 g/mol. The average Bonchev–Trinajstić information content (AvgIpc) is 3.26. The van der Waals surface area contributed by atoms with Crippen molar-refractivity contribution in [3.8, 4) is 17.2 Å². The summed E-state index contributed by atoms with van der Waals surface area (Å²) in [6, 6.07) is 3.75. The summed E-state index contributed by atoms with van der Waals surface area (Å²) in [6.45, 7) is 1.86. The van der Waals surface area contributed by atoms with Gasteiger partial charge in [-0.1, -0.05) is 0 Å². The molecule has 136 valence electrons. The van der Waals surface area contributed by atoms with Crippen LogP contribution in [-0.2, 0) is 12.8 Å². The molecule has 0 saturated carbocycles. The van der Waals surface area contributed by atoms with E-state index in [9.17, 15) is 0 Å². The van der Waals surface area contributed by atoms with Crippen molar-refractivity contribution in [1.29, 1.82) is 0 Å². The number of hydrogen-bond donors (Lipinski definition) is 1. The van der Waals surface area contributed by atoms with Crippen molar-refractivity contribution in [3.05, 3.63) is 29.2 Å². The maximum atomic E-state index is 5.45. The number of methoxy groups -OCH3 is 3. The Kier molecular flexibility index (Phi) is 4.02. The van der Waals surface area contributed by atoms with E-state index in [2.05, 4.69) is 20.4 Å². The van der Waals surface area contributed by atoms with E-state index in [0.29, 0.717) is 28.9 Å². The van der Waals surface area contributed by atoms with Gasteiger partial charge in [-0.05, 0) is 26.2 Å². The molecule has 1 aromatic carbocycles. The van der Waals surface area contributed by atoms with Gasteiger partial charge in [0.2, 0.25) is 5.75 Å². The largest absolute Gasteiger partial charge is 0.493 e. The van der Waals surface area contributed by atoms with E-state index in [1.165, 1.54) is 5.56 Å². The predicted molar refractivity (Wildman–Crippen MR) is 96.9 cm³/mol. The molecule has 4 rings (SSSR count). The molecule has 1 aliphatic rings. The highest BCUT2D eigenvalue weighted by atomic mass is 16.5. The van der Waals surface area contributed by atoms with Gasteiger partial charge in [-0.2, -0.15) is 9.50 Å². The topological polar surface area (TPSA) is 82.8 Å². The number of nitrogens with one attached hydrogen (secondary N) is 1.